The zero-order valence-electron chi connectivity index (χ0n) is 19.0. The Morgan fingerprint density at radius 3 is 2.47 bits per heavy atom. The van der Waals surface area contributed by atoms with Crippen LogP contribution in [0.25, 0.3) is 22.2 Å². The molecule has 1 aromatic heterocycles. The average Bonchev–Trinajstić information content (AvgIpc) is 2.90. The molecule has 10 heteroatoms. The standard InChI is InChI=1S/C26H22FN3O5S/c27-18-7-5-17(6-8-18)23-16-21(20-3-1-2-4-22(20)28-23)26(32)29-24-15-19(9-10-25(24)31)36(33,34)30-11-13-35-14-12-30/h1-10,15-16,31H,11-14H2,(H,29,32). The number of carbonyl (C=O) groups excluding carboxylic acids is 1. The van der Waals surface area contributed by atoms with Crippen molar-refractivity contribution >= 4 is 32.5 Å². The Bertz CT molecular complexity index is 1550. The highest BCUT2D eigenvalue weighted by atomic mass is 32.2. The number of morpholine rings is 1. The molecule has 0 spiro atoms. The van der Waals surface area contributed by atoms with Gasteiger partial charge in [0, 0.05) is 24.0 Å². The first-order chi connectivity index (χ1) is 17.3. The van der Waals surface area contributed by atoms with Crippen LogP contribution in [0.4, 0.5) is 10.1 Å². The molecule has 1 amide bonds. The summed E-state index contributed by atoms with van der Waals surface area (Å²) >= 11 is 0. The number of nitrogens with zero attached hydrogens (tertiary/aromatic N) is 2. The third-order valence-corrected chi connectivity index (χ3v) is 7.82. The number of para-hydroxylation sites is 1. The highest BCUT2D eigenvalue weighted by Gasteiger charge is 2.27. The summed E-state index contributed by atoms with van der Waals surface area (Å²) in [6, 6.07) is 18.2. The SMILES string of the molecule is O=C(Nc1cc(S(=O)(=O)N2CCOCC2)ccc1O)c1cc(-c2ccc(F)cc2)nc2ccccc12. The summed E-state index contributed by atoms with van der Waals surface area (Å²) < 4.78 is 46.1. The molecule has 0 aliphatic carbocycles. The number of nitrogens with one attached hydrogen (secondary N) is 1. The number of phenols is 1. The lowest BCUT2D eigenvalue weighted by Crippen LogP contribution is -2.40. The number of rotatable bonds is 5. The third-order valence-electron chi connectivity index (χ3n) is 5.92. The average molecular weight is 508 g/mol. The number of halogens is 1. The Labute approximate surface area is 207 Å². The molecule has 3 aromatic carbocycles. The third kappa shape index (κ3) is 4.66. The van der Waals surface area contributed by atoms with Crippen molar-refractivity contribution in [3.05, 3.63) is 84.2 Å². The van der Waals surface area contributed by atoms with Gasteiger partial charge >= 0.3 is 0 Å². The van der Waals surface area contributed by atoms with Crippen LogP contribution in [0.1, 0.15) is 10.4 Å². The van der Waals surface area contributed by atoms with E-state index in [1.165, 1.54) is 34.6 Å². The molecular formula is C26H22FN3O5S. The predicted octanol–water partition coefficient (Wildman–Crippen LogP) is 4.02. The van der Waals surface area contributed by atoms with Crippen LogP contribution in [-0.2, 0) is 14.8 Å². The van der Waals surface area contributed by atoms with Gasteiger partial charge in [0.25, 0.3) is 5.91 Å². The van der Waals surface area contributed by atoms with E-state index in [1.54, 1.807) is 42.5 Å². The van der Waals surface area contributed by atoms with Gasteiger partial charge in [0.1, 0.15) is 11.6 Å². The lowest BCUT2D eigenvalue weighted by molar-refractivity contribution is 0.0730. The number of benzene rings is 3. The first-order valence-electron chi connectivity index (χ1n) is 11.2. The molecule has 1 saturated heterocycles. The van der Waals surface area contributed by atoms with Crippen molar-refractivity contribution in [1.82, 2.24) is 9.29 Å². The van der Waals surface area contributed by atoms with E-state index in [1.807, 2.05) is 0 Å². The monoisotopic (exact) mass is 507 g/mol. The number of phenolic OH excluding ortho intramolecular Hbond substituents is 1. The maximum absolute atomic E-state index is 13.4. The quantitative estimate of drug-likeness (QED) is 0.395. The second kappa shape index (κ2) is 9.65. The Kier molecular flexibility index (Phi) is 6.40. The van der Waals surface area contributed by atoms with Crippen LogP contribution in [-0.4, -0.2) is 55.0 Å². The van der Waals surface area contributed by atoms with E-state index in [9.17, 15) is 22.7 Å². The van der Waals surface area contributed by atoms with Crippen molar-refractivity contribution in [3.8, 4) is 17.0 Å². The molecule has 1 aliphatic heterocycles. The largest absolute Gasteiger partial charge is 0.506 e. The van der Waals surface area contributed by atoms with E-state index in [0.717, 1.165) is 0 Å². The number of aromatic nitrogens is 1. The number of fused-ring (bicyclic) bond motifs is 1. The smallest absolute Gasteiger partial charge is 0.256 e. The van der Waals surface area contributed by atoms with Gasteiger partial charge < -0.3 is 15.2 Å². The summed E-state index contributed by atoms with van der Waals surface area (Å²) in [5, 5.41) is 13.6. The summed E-state index contributed by atoms with van der Waals surface area (Å²) in [6.07, 6.45) is 0. The van der Waals surface area contributed by atoms with Crippen molar-refractivity contribution in [2.24, 2.45) is 0 Å². The topological polar surface area (TPSA) is 109 Å². The highest BCUT2D eigenvalue weighted by Crippen LogP contribution is 2.30. The molecule has 2 heterocycles. The van der Waals surface area contributed by atoms with Crippen molar-refractivity contribution in [2.45, 2.75) is 4.90 Å². The molecular weight excluding hydrogens is 485 g/mol. The molecule has 0 unspecified atom stereocenters. The van der Waals surface area contributed by atoms with E-state index in [-0.39, 0.29) is 40.8 Å². The maximum atomic E-state index is 13.4. The summed E-state index contributed by atoms with van der Waals surface area (Å²) in [5.74, 6) is -1.23. The van der Waals surface area contributed by atoms with E-state index < -0.39 is 15.9 Å². The fourth-order valence-electron chi connectivity index (χ4n) is 4.03. The van der Waals surface area contributed by atoms with Crippen molar-refractivity contribution in [2.75, 3.05) is 31.6 Å². The molecule has 36 heavy (non-hydrogen) atoms. The Morgan fingerprint density at radius 2 is 1.72 bits per heavy atom. The lowest BCUT2D eigenvalue weighted by atomic mass is 10.0. The highest BCUT2D eigenvalue weighted by molar-refractivity contribution is 7.89. The number of hydrogen-bond donors (Lipinski definition) is 2. The van der Waals surface area contributed by atoms with Gasteiger partial charge in [-0.1, -0.05) is 18.2 Å². The molecule has 1 fully saturated rings. The molecule has 4 aromatic rings. The van der Waals surface area contributed by atoms with Crippen LogP contribution >= 0.6 is 0 Å². The van der Waals surface area contributed by atoms with Gasteiger partial charge in [-0.15, -0.1) is 0 Å². The molecule has 2 N–H and O–H groups in total. The maximum Gasteiger partial charge on any atom is 0.256 e. The fourth-order valence-corrected chi connectivity index (χ4v) is 5.47. The first kappa shape index (κ1) is 23.9. The zero-order valence-corrected chi connectivity index (χ0v) is 19.8. The number of amides is 1. The second-order valence-electron chi connectivity index (χ2n) is 8.23. The van der Waals surface area contributed by atoms with Gasteiger partial charge in [0.2, 0.25) is 10.0 Å². The fraction of sp³-hybridized carbons (Fsp3) is 0.154. The lowest BCUT2D eigenvalue weighted by Gasteiger charge is -2.26. The molecule has 184 valence electrons. The normalized spacial score (nSPS) is 14.6. The molecule has 0 radical (unpaired) electrons. The van der Waals surface area contributed by atoms with Crippen LogP contribution in [0.5, 0.6) is 5.75 Å². The van der Waals surface area contributed by atoms with Crippen molar-refractivity contribution < 1.29 is 27.4 Å². The minimum Gasteiger partial charge on any atom is -0.506 e. The van der Waals surface area contributed by atoms with Gasteiger partial charge in [0.05, 0.1) is 40.6 Å². The van der Waals surface area contributed by atoms with E-state index in [2.05, 4.69) is 10.3 Å². The Morgan fingerprint density at radius 1 is 1.00 bits per heavy atom. The number of anilines is 1. The van der Waals surface area contributed by atoms with Gasteiger partial charge in [0.15, 0.2) is 0 Å². The summed E-state index contributed by atoms with van der Waals surface area (Å²) in [6.45, 7) is 1.04. The molecule has 0 bridgehead atoms. The van der Waals surface area contributed by atoms with Crippen LogP contribution in [0.3, 0.4) is 0 Å². The number of ether oxygens (including phenoxy) is 1. The first-order valence-corrected chi connectivity index (χ1v) is 12.6. The summed E-state index contributed by atoms with van der Waals surface area (Å²) in [4.78, 5) is 17.9. The van der Waals surface area contributed by atoms with Gasteiger partial charge in [-0.3, -0.25) is 4.79 Å². The Hall–Kier alpha value is -3.86. The second-order valence-corrected chi connectivity index (χ2v) is 10.2. The van der Waals surface area contributed by atoms with Crippen LogP contribution in [0, 0.1) is 5.82 Å². The van der Waals surface area contributed by atoms with Crippen LogP contribution in [0.15, 0.2) is 77.7 Å². The van der Waals surface area contributed by atoms with E-state index in [0.29, 0.717) is 35.4 Å². The van der Waals surface area contributed by atoms with Crippen LogP contribution < -0.4 is 5.32 Å². The van der Waals surface area contributed by atoms with E-state index in [4.69, 9.17) is 4.74 Å². The minimum absolute atomic E-state index is 0.0430. The van der Waals surface area contributed by atoms with Crippen molar-refractivity contribution in [1.29, 1.82) is 0 Å². The van der Waals surface area contributed by atoms with Gasteiger partial charge in [-0.25, -0.2) is 17.8 Å². The molecule has 0 atom stereocenters. The number of sulfonamides is 1. The molecule has 8 nitrogen and oxygen atoms in total. The number of carbonyl (C=O) groups is 1. The van der Waals surface area contributed by atoms with Crippen molar-refractivity contribution in [3.63, 3.8) is 0 Å². The summed E-state index contributed by atoms with van der Waals surface area (Å²) in [7, 11) is -3.83. The molecule has 1 aliphatic rings. The Balaban J connectivity index is 1.51. The number of hydrogen-bond acceptors (Lipinski definition) is 6. The predicted molar refractivity (Wildman–Crippen MR) is 133 cm³/mol. The van der Waals surface area contributed by atoms with Crippen LogP contribution in [0.2, 0.25) is 0 Å². The minimum atomic E-state index is -3.83. The summed E-state index contributed by atoms with van der Waals surface area (Å²) in [5.41, 5.74) is 1.86. The molecule has 5 rings (SSSR count). The van der Waals surface area contributed by atoms with Gasteiger partial charge in [-0.2, -0.15) is 4.31 Å². The molecule has 0 saturated carbocycles. The van der Waals surface area contributed by atoms with E-state index >= 15 is 0 Å². The number of aromatic hydroxyl groups is 1. The number of pyridine rings is 1. The zero-order chi connectivity index (χ0) is 25.3. The van der Waals surface area contributed by atoms with Gasteiger partial charge in [-0.05, 0) is 54.6 Å².